The van der Waals surface area contributed by atoms with Gasteiger partial charge in [0.05, 0.1) is 72.7 Å². The summed E-state index contributed by atoms with van der Waals surface area (Å²) in [6.07, 6.45) is 24.6. The third kappa shape index (κ3) is 21.4. The molecule has 0 aromatic carbocycles. The Hall–Kier alpha value is -11.5. The molecule has 29 heteroatoms. The van der Waals surface area contributed by atoms with Crippen molar-refractivity contribution >= 4 is 86.7 Å². The lowest BCUT2D eigenvalue weighted by molar-refractivity contribution is 0.0883. The van der Waals surface area contributed by atoms with Crippen LogP contribution in [0.25, 0.3) is 38.7 Å². The fraction of sp³-hybridized carbons (Fsp3) is 0.505. The summed E-state index contributed by atoms with van der Waals surface area (Å²) < 4.78 is 50.8. The number of nitrogens with zero attached hydrogens (tertiary/aromatic N) is 13. The summed E-state index contributed by atoms with van der Waals surface area (Å²) in [5.74, 6) is 3.08. The van der Waals surface area contributed by atoms with E-state index in [2.05, 4.69) is 122 Å². The molecule has 1 atom stereocenters. The summed E-state index contributed by atoms with van der Waals surface area (Å²) in [4.78, 5) is 105. The number of amides is 6. The first-order valence-corrected chi connectivity index (χ1v) is 45.3. The van der Waals surface area contributed by atoms with Crippen molar-refractivity contribution in [2.45, 2.75) is 282 Å². The highest BCUT2D eigenvalue weighted by atomic mass is 35.5. The topological polar surface area (TPSA) is 283 Å². The molecule has 6 fully saturated rings. The van der Waals surface area contributed by atoms with Crippen molar-refractivity contribution in [1.29, 1.82) is 0 Å². The number of rotatable bonds is 21. The van der Waals surface area contributed by atoms with Crippen molar-refractivity contribution in [2.75, 3.05) is 0 Å². The van der Waals surface area contributed by atoms with Gasteiger partial charge in [-0.05, 0) is 324 Å². The first-order chi connectivity index (χ1) is 60.1. The van der Waals surface area contributed by atoms with Crippen molar-refractivity contribution in [2.24, 2.45) is 41.4 Å². The molecule has 680 valence electrons. The molecule has 128 heavy (non-hydrogen) atoms. The number of hydrogen-bond donors (Lipinski definition) is 6. The molecule has 6 saturated carbocycles. The zero-order chi connectivity index (χ0) is 93.0. The van der Waals surface area contributed by atoms with Gasteiger partial charge in [-0.25, -0.2) is 38.1 Å². The van der Waals surface area contributed by atoms with E-state index in [9.17, 15) is 41.9 Å². The van der Waals surface area contributed by atoms with Crippen LogP contribution in [0.4, 0.5) is 19.0 Å². The standard InChI is InChI=1S/C19H27N3O.C16H20ClN3O.C16H19F2N3O.C16H20FN3O.C16H18N4O.C16H21N3O/c1-12(2)10-17(15-6-5-7-15)21-19(23)16-9-8-14(4)22-11-13(3)20-18(16)22;1-9-8-20-10(2)13(17)7-12(14(20)18-9)15(21)19-16(3,4)11-5-6-11;1-9-8-21-12(13(17)18)7-6-11(14(21)19-9)15(22)20-16(2,3)10-4-5-10;1-9-8-20-10(2)13(17)7-12(14(20)18-9)15(21)19-16(3,4)11-5-6-11;1-10-5-8-12(14-18-13(17-4)9-20(10)14)15(21)19-16(2,3)11-6-7-11;1-10-9-19-11(2)5-8-13(14(19)17-10)15(20)18-16(3,4)12-6-7-12/h8-9,11-12,15,17H,5-7,10H2,1-4H3,(H,21,23);7-8,11H,5-6H2,1-4H3,(H,19,21);6-8,10,13H,4-5H2,1-3H3,(H,20,22);7-8,11H,5-6H2,1-4H3,(H,19,21);5,8-9,11H,6-7H2,1-3H3,(H,19,21);5,8-9,12H,6-7H2,1-4H3,(H,18,20)/t17-;;;;;/m0...../s1. The minimum Gasteiger partial charge on any atom is -0.359 e. The van der Waals surface area contributed by atoms with Crippen LogP contribution in [-0.4, -0.2) is 125 Å². The second-order valence-electron chi connectivity index (χ2n) is 39.6. The second kappa shape index (κ2) is 36.9. The maximum Gasteiger partial charge on any atom is 0.288 e. The normalized spacial score (nSPS) is 15.6. The predicted molar refractivity (Wildman–Crippen MR) is 494 cm³/mol. The number of aromatic nitrogens is 12. The Balaban J connectivity index is 0.000000131. The lowest BCUT2D eigenvalue weighted by Gasteiger charge is -2.35. The molecule has 0 spiro atoms. The molecule has 12 aromatic heterocycles. The van der Waals surface area contributed by atoms with Crippen LogP contribution in [0.1, 0.15) is 304 Å². The van der Waals surface area contributed by atoms with Gasteiger partial charge in [-0.15, -0.1) is 0 Å². The van der Waals surface area contributed by atoms with Gasteiger partial charge < -0.3 is 54.3 Å². The zero-order valence-electron chi connectivity index (χ0n) is 78.1. The highest BCUT2D eigenvalue weighted by Gasteiger charge is 2.44. The summed E-state index contributed by atoms with van der Waals surface area (Å²) in [6, 6.07) is 17.4. The van der Waals surface area contributed by atoms with Crippen LogP contribution >= 0.6 is 11.6 Å². The monoisotopic (exact) mass is 1770 g/mol. The molecule has 0 unspecified atom stereocenters. The Kier molecular flexibility index (Phi) is 27.2. The molecule has 6 aliphatic carbocycles. The van der Waals surface area contributed by atoms with Crippen LogP contribution in [0.3, 0.4) is 0 Å². The summed E-state index contributed by atoms with van der Waals surface area (Å²) in [5, 5.41) is 19.3. The Morgan fingerprint density at radius 1 is 0.406 bits per heavy atom. The van der Waals surface area contributed by atoms with Crippen molar-refractivity contribution < 1.29 is 41.9 Å². The highest BCUT2D eigenvalue weighted by molar-refractivity contribution is 6.31. The smallest absolute Gasteiger partial charge is 0.288 e. The number of carbonyl (C=O) groups excluding carboxylic acids is 6. The van der Waals surface area contributed by atoms with E-state index in [-0.39, 0.29) is 80.5 Å². The Morgan fingerprint density at radius 3 is 1.04 bits per heavy atom. The number of nitrogens with one attached hydrogen (secondary N) is 6. The van der Waals surface area contributed by atoms with Gasteiger partial charge in [0.25, 0.3) is 47.7 Å². The third-order valence-corrected chi connectivity index (χ3v) is 26.7. The lowest BCUT2D eigenvalue weighted by Crippen LogP contribution is -2.45. The number of carbonyl (C=O) groups is 6. The molecular formula is C99H125ClF3N19O6. The van der Waals surface area contributed by atoms with Crippen molar-refractivity contribution in [3.05, 3.63) is 216 Å². The van der Waals surface area contributed by atoms with Crippen LogP contribution in [0.2, 0.25) is 5.02 Å². The maximum atomic E-state index is 14.1. The number of fused-ring (bicyclic) bond motifs is 6. The van der Waals surface area contributed by atoms with Crippen LogP contribution in [0.15, 0.2) is 97.8 Å². The zero-order valence-corrected chi connectivity index (χ0v) is 78.9. The van der Waals surface area contributed by atoms with Gasteiger partial charge >= 0.3 is 0 Å². The average molecular weight is 1770 g/mol. The van der Waals surface area contributed by atoms with Crippen LogP contribution in [0.5, 0.6) is 0 Å². The van der Waals surface area contributed by atoms with Crippen molar-refractivity contribution in [3.63, 3.8) is 0 Å². The van der Waals surface area contributed by atoms with E-state index in [1.54, 1.807) is 47.2 Å². The number of pyridine rings is 6. The van der Waals surface area contributed by atoms with E-state index in [1.807, 2.05) is 145 Å². The van der Waals surface area contributed by atoms with E-state index in [0.717, 1.165) is 88.9 Å². The van der Waals surface area contributed by atoms with Gasteiger partial charge in [0.1, 0.15) is 39.6 Å². The fourth-order valence-corrected chi connectivity index (χ4v) is 17.5. The molecule has 6 aliphatic rings. The number of halogens is 4. The third-order valence-electron chi connectivity index (χ3n) is 26.3. The number of imidazole rings is 6. The largest absolute Gasteiger partial charge is 0.359 e. The lowest BCUT2D eigenvalue weighted by atomic mass is 9.77. The quantitative estimate of drug-likeness (QED) is 0.0366. The van der Waals surface area contributed by atoms with Crippen molar-refractivity contribution in [1.82, 2.24) is 88.2 Å². The molecule has 6 amide bonds. The van der Waals surface area contributed by atoms with Gasteiger partial charge in [-0.2, -0.15) is 0 Å². The molecule has 6 N–H and O–H groups in total. The summed E-state index contributed by atoms with van der Waals surface area (Å²) in [5.41, 5.74) is 13.8. The van der Waals surface area contributed by atoms with E-state index >= 15 is 0 Å². The van der Waals surface area contributed by atoms with Gasteiger partial charge in [-0.3, -0.25) is 37.6 Å². The fourth-order valence-electron chi connectivity index (χ4n) is 17.3. The Bertz CT molecular complexity index is 6180. The Labute approximate surface area is 752 Å². The maximum absolute atomic E-state index is 14.1. The van der Waals surface area contributed by atoms with Gasteiger partial charge in [0.15, 0.2) is 0 Å². The summed E-state index contributed by atoms with van der Waals surface area (Å²) in [7, 11) is 0. The number of alkyl halides is 2. The van der Waals surface area contributed by atoms with Crippen LogP contribution in [0, 0.1) is 123 Å². The molecule has 12 heterocycles. The first-order valence-electron chi connectivity index (χ1n) is 44.9. The second-order valence-corrected chi connectivity index (χ2v) is 40.0. The summed E-state index contributed by atoms with van der Waals surface area (Å²) in [6.45, 7) is 51.0. The van der Waals surface area contributed by atoms with Crippen LogP contribution < -0.4 is 31.9 Å². The SMILES string of the molecule is Cc1cn2c(C(F)F)ccc(C(=O)NC(C)(C)C3CC3)c2n1.Cc1cn2c(C)c(Cl)cc(C(=O)NC(C)(C)C3CC3)c2n1.Cc1cn2c(C)c(F)cc(C(=O)NC(C)(C)C3CC3)c2n1.Cc1cn2c(C)ccc(C(=O)NC(C)(C)C3CC3)c2n1.Cc1cn2c(C)ccc(C(=O)N[C@@H](CC(C)C)C3CCC3)c2n1.[C-]#[N+]c1cn2c(C)ccc(C(=O)NC(C)(C)C3CC3)c2n1. The molecule has 0 radical (unpaired) electrons. The molecule has 12 aromatic rings. The minimum absolute atomic E-state index is 0.0122. The van der Waals surface area contributed by atoms with Crippen molar-refractivity contribution in [3.8, 4) is 0 Å². The van der Waals surface area contributed by atoms with E-state index in [4.69, 9.17) is 18.2 Å². The average Bonchev–Trinajstić information content (AvgIpc) is 1.49. The summed E-state index contributed by atoms with van der Waals surface area (Å²) >= 11 is 6.26. The Morgan fingerprint density at radius 2 is 0.703 bits per heavy atom. The molecule has 0 aliphatic heterocycles. The van der Waals surface area contributed by atoms with Gasteiger partial charge in [-0.1, -0.05) is 43.4 Å². The molecule has 18 rings (SSSR count). The van der Waals surface area contributed by atoms with E-state index in [0.29, 0.717) is 114 Å². The predicted octanol–water partition coefficient (Wildman–Crippen LogP) is 19.9. The molecule has 0 bridgehead atoms. The molecular weight excluding hydrogens is 1640 g/mol. The highest BCUT2D eigenvalue weighted by Crippen LogP contribution is 2.44. The van der Waals surface area contributed by atoms with Crippen LogP contribution in [-0.2, 0) is 0 Å². The molecule has 25 nitrogen and oxygen atoms in total. The molecule has 0 saturated heterocycles. The minimum atomic E-state index is -2.61. The first kappa shape index (κ1) is 94.1. The van der Waals surface area contributed by atoms with Gasteiger partial charge in [0, 0.05) is 93.7 Å². The van der Waals surface area contributed by atoms with E-state index in [1.165, 1.54) is 86.6 Å². The number of hydrogen-bond acceptors (Lipinski definition) is 12. The number of aryl methyl sites for hydroxylation is 10. The van der Waals surface area contributed by atoms with E-state index < -0.39 is 12.2 Å². The van der Waals surface area contributed by atoms with Gasteiger partial charge in [0.2, 0.25) is 5.65 Å².